The van der Waals surface area contributed by atoms with Crippen molar-refractivity contribution in [3.8, 4) is 5.75 Å². The van der Waals surface area contributed by atoms with Crippen molar-refractivity contribution in [1.82, 2.24) is 15.6 Å². The summed E-state index contributed by atoms with van der Waals surface area (Å²) in [5.74, 6) is -0.895. The van der Waals surface area contributed by atoms with E-state index in [4.69, 9.17) is 23.6 Å². The maximum Gasteiger partial charge on any atom is 0.334 e. The molecule has 0 fully saturated rings. The number of carbonyl (C=O) groups is 3. The highest BCUT2D eigenvalue weighted by atomic mass is 16.5. The van der Waals surface area contributed by atoms with E-state index in [0.29, 0.717) is 11.5 Å². The number of oxazole rings is 1. The third-order valence-corrected chi connectivity index (χ3v) is 9.28. The van der Waals surface area contributed by atoms with Gasteiger partial charge in [0, 0.05) is 17.7 Å². The summed E-state index contributed by atoms with van der Waals surface area (Å²) in [5.41, 5.74) is 2.43. The van der Waals surface area contributed by atoms with Gasteiger partial charge in [0.05, 0.1) is 7.11 Å². The van der Waals surface area contributed by atoms with E-state index in [1.807, 2.05) is 56.3 Å². The number of hydrogen-bond donors (Lipinski definition) is 4. The number of aromatic nitrogens is 1. The number of aliphatic hydroxyl groups excluding tert-OH is 1. The summed E-state index contributed by atoms with van der Waals surface area (Å²) in [7, 11) is 1.29. The number of hydrogen-bond acceptors (Lipinski definition) is 11. The minimum absolute atomic E-state index is 0.0277. The van der Waals surface area contributed by atoms with Crippen molar-refractivity contribution >= 4 is 29.4 Å². The monoisotopic (exact) mass is 643 g/mol. The number of aliphatic hydroxyl groups is 1. The van der Waals surface area contributed by atoms with Crippen molar-refractivity contribution in [2.24, 2.45) is 16.8 Å². The highest BCUT2D eigenvalue weighted by molar-refractivity contribution is 5.98. The second-order valence-corrected chi connectivity index (χ2v) is 13.0. The number of methoxy groups -OCH3 is 1. The lowest BCUT2D eigenvalue weighted by molar-refractivity contribution is -0.142. The van der Waals surface area contributed by atoms with Gasteiger partial charge in [-0.15, -0.1) is 0 Å². The molecule has 5 heterocycles. The summed E-state index contributed by atoms with van der Waals surface area (Å²) in [6, 6.07) is 10.8. The molecule has 0 saturated carbocycles. The molecule has 4 bridgehead atoms. The molecule has 246 valence electrons. The molecular formula is C34H37N5O8. The van der Waals surface area contributed by atoms with Crippen LogP contribution in [0.3, 0.4) is 0 Å². The molecular weight excluding hydrogens is 606 g/mol. The topological polar surface area (TPSA) is 174 Å². The van der Waals surface area contributed by atoms with E-state index in [1.165, 1.54) is 7.11 Å². The molecule has 0 radical (unpaired) electrons. The van der Waals surface area contributed by atoms with E-state index in [0.717, 1.165) is 22.4 Å². The summed E-state index contributed by atoms with van der Waals surface area (Å²) in [6.07, 6.45) is -1.79. The average Bonchev–Trinajstić information content (AvgIpc) is 3.83. The van der Waals surface area contributed by atoms with Crippen LogP contribution in [0, 0.1) is 11.8 Å². The van der Waals surface area contributed by atoms with Crippen LogP contribution in [0.15, 0.2) is 51.9 Å². The minimum Gasteiger partial charge on any atom is -0.473 e. The molecule has 13 nitrogen and oxygen atoms in total. The van der Waals surface area contributed by atoms with Crippen LogP contribution in [-0.4, -0.2) is 71.9 Å². The molecule has 4 aliphatic heterocycles. The molecule has 2 unspecified atom stereocenters. The number of ether oxygens (including phenoxy) is 3. The molecule has 2 amide bonds. The zero-order valence-corrected chi connectivity index (χ0v) is 26.7. The highest BCUT2D eigenvalue weighted by Crippen LogP contribution is 2.58. The van der Waals surface area contributed by atoms with Crippen LogP contribution < -0.4 is 20.7 Å². The van der Waals surface area contributed by atoms with Crippen LogP contribution in [-0.2, 0) is 35.7 Å². The van der Waals surface area contributed by atoms with Crippen LogP contribution in [0.25, 0.3) is 0 Å². The Morgan fingerprint density at radius 3 is 2.64 bits per heavy atom. The van der Waals surface area contributed by atoms with Gasteiger partial charge in [0.25, 0.3) is 0 Å². The maximum absolute atomic E-state index is 14.0. The van der Waals surface area contributed by atoms with Gasteiger partial charge in [-0.1, -0.05) is 58.0 Å². The number of rotatable bonds is 6. The number of benzene rings is 2. The van der Waals surface area contributed by atoms with Crippen LogP contribution in [0.2, 0.25) is 0 Å². The SMILES string of the molecule is COC(=O)[C@H]1COC(c2nc3oc2C24c5ccccc5NC2Oc2ccc(cc24)C[C@H](NC(=O)[C@@H](O)C(C)C)C(=O)N[C@H]3C(C)C)=N1. The van der Waals surface area contributed by atoms with E-state index in [-0.39, 0.29) is 42.3 Å². The molecule has 0 saturated heterocycles. The summed E-state index contributed by atoms with van der Waals surface area (Å²) >= 11 is 0. The smallest absolute Gasteiger partial charge is 0.334 e. The molecule has 4 aliphatic rings. The van der Waals surface area contributed by atoms with Gasteiger partial charge >= 0.3 is 5.97 Å². The normalized spacial score (nSPS) is 26.0. The highest BCUT2D eigenvalue weighted by Gasteiger charge is 2.61. The second kappa shape index (κ2) is 11.4. The Labute approximate surface area is 271 Å². The molecule has 1 aromatic heterocycles. The van der Waals surface area contributed by atoms with Gasteiger partial charge in [-0.2, -0.15) is 0 Å². The fourth-order valence-corrected chi connectivity index (χ4v) is 6.77. The first-order valence-corrected chi connectivity index (χ1v) is 15.8. The van der Waals surface area contributed by atoms with Crippen molar-refractivity contribution < 1.29 is 38.1 Å². The number of amides is 2. The van der Waals surface area contributed by atoms with Gasteiger partial charge in [-0.05, 0) is 35.1 Å². The number of esters is 1. The predicted molar refractivity (Wildman–Crippen MR) is 168 cm³/mol. The molecule has 4 N–H and O–H groups in total. The van der Waals surface area contributed by atoms with Gasteiger partial charge in [-0.25, -0.2) is 14.8 Å². The number of anilines is 1. The lowest BCUT2D eigenvalue weighted by atomic mass is 9.72. The van der Waals surface area contributed by atoms with Gasteiger partial charge in [0.15, 0.2) is 23.7 Å². The summed E-state index contributed by atoms with van der Waals surface area (Å²) in [4.78, 5) is 48.9. The molecule has 2 aromatic carbocycles. The molecule has 13 heteroatoms. The Morgan fingerprint density at radius 2 is 1.89 bits per heavy atom. The number of nitrogens with zero attached hydrogens (tertiary/aromatic N) is 2. The Bertz CT molecular complexity index is 1800. The predicted octanol–water partition coefficient (Wildman–Crippen LogP) is 2.34. The third kappa shape index (κ3) is 4.82. The Balaban J connectivity index is 1.46. The van der Waals surface area contributed by atoms with E-state index < -0.39 is 53.7 Å². The number of carbonyl (C=O) groups excluding carboxylic acids is 3. The third-order valence-electron chi connectivity index (χ3n) is 9.28. The lowest BCUT2D eigenvalue weighted by Gasteiger charge is -2.29. The summed E-state index contributed by atoms with van der Waals surface area (Å²) < 4.78 is 24.2. The first-order valence-electron chi connectivity index (χ1n) is 15.8. The lowest BCUT2D eigenvalue weighted by Crippen LogP contribution is -2.52. The van der Waals surface area contributed by atoms with Crippen LogP contribution >= 0.6 is 0 Å². The molecule has 7 rings (SSSR count). The van der Waals surface area contributed by atoms with Crippen LogP contribution in [0.1, 0.15) is 67.8 Å². The zero-order valence-electron chi connectivity index (χ0n) is 26.7. The van der Waals surface area contributed by atoms with E-state index in [9.17, 15) is 19.5 Å². The molecule has 6 atom stereocenters. The average molecular weight is 644 g/mol. The number of aliphatic imine (C=N–C) groups is 1. The Morgan fingerprint density at radius 1 is 1.11 bits per heavy atom. The first-order chi connectivity index (χ1) is 22.5. The quantitative estimate of drug-likeness (QED) is 0.292. The van der Waals surface area contributed by atoms with Crippen molar-refractivity contribution in [3.63, 3.8) is 0 Å². The molecule has 1 spiro atoms. The van der Waals surface area contributed by atoms with Gasteiger partial charge < -0.3 is 39.7 Å². The summed E-state index contributed by atoms with van der Waals surface area (Å²) in [5, 5.41) is 19.8. The van der Waals surface area contributed by atoms with Gasteiger partial charge in [-0.3, -0.25) is 9.59 Å². The zero-order chi connectivity index (χ0) is 33.2. The number of fused-ring (bicyclic) bond motifs is 4. The molecule has 3 aromatic rings. The van der Waals surface area contributed by atoms with E-state index in [2.05, 4.69) is 20.9 Å². The van der Waals surface area contributed by atoms with Gasteiger partial charge in [0.1, 0.15) is 36.0 Å². The molecule has 0 aliphatic carbocycles. The van der Waals surface area contributed by atoms with Crippen molar-refractivity contribution in [1.29, 1.82) is 0 Å². The van der Waals surface area contributed by atoms with Crippen molar-refractivity contribution in [2.75, 3.05) is 19.0 Å². The van der Waals surface area contributed by atoms with Gasteiger partial charge in [0.2, 0.25) is 23.6 Å². The Hall–Kier alpha value is -4.91. The standard InChI is InChI=1S/C34H37N5O8/c1-15(2)24-31-39-25(30-36-22(14-45-30)32(43)44-5)27(47-31)34-18-8-6-7-9-20(18)37-33(34)46-23-11-10-17(12-19(23)34)13-21(28(41)38-24)35-29(42)26(40)16(3)4/h6-12,15-16,21-22,24,26,33,37,40H,13-14H2,1-5H3,(H,35,42)(H,38,41)/t21-,22+,24-,26-,33?,34?/m0/s1. The van der Waals surface area contributed by atoms with Crippen LogP contribution in [0.4, 0.5) is 5.69 Å². The minimum atomic E-state index is -1.29. The number of nitrogens with one attached hydrogen (secondary N) is 3. The van der Waals surface area contributed by atoms with Crippen LogP contribution in [0.5, 0.6) is 5.75 Å². The second-order valence-electron chi connectivity index (χ2n) is 13.0. The number of para-hydroxylation sites is 1. The molecule has 47 heavy (non-hydrogen) atoms. The van der Waals surface area contributed by atoms with E-state index >= 15 is 0 Å². The fourth-order valence-electron chi connectivity index (χ4n) is 6.77. The maximum atomic E-state index is 14.0. The van der Waals surface area contributed by atoms with Crippen molar-refractivity contribution in [2.45, 2.75) is 70.0 Å². The fraction of sp³-hybridized carbons (Fsp3) is 0.441. The first kappa shape index (κ1) is 30.7. The van der Waals surface area contributed by atoms with Crippen molar-refractivity contribution in [3.05, 3.63) is 76.5 Å². The van der Waals surface area contributed by atoms with E-state index in [1.54, 1.807) is 13.8 Å². The summed E-state index contributed by atoms with van der Waals surface area (Å²) in [6.45, 7) is 7.27. The Kier molecular flexibility index (Phi) is 7.46. The largest absolute Gasteiger partial charge is 0.473 e.